The molecule has 1 aromatic rings. The van der Waals surface area contributed by atoms with Gasteiger partial charge < -0.3 is 15.6 Å². The first-order valence-corrected chi connectivity index (χ1v) is 7.01. The third-order valence-electron chi connectivity index (χ3n) is 2.42. The summed E-state index contributed by atoms with van der Waals surface area (Å²) in [5, 5.41) is 8.75. The molecular formula is C11H15NO5S. The van der Waals surface area contributed by atoms with E-state index in [0.29, 0.717) is 5.56 Å². The van der Waals surface area contributed by atoms with E-state index in [9.17, 15) is 13.2 Å². The second-order valence-electron chi connectivity index (χ2n) is 3.87. The van der Waals surface area contributed by atoms with Gasteiger partial charge in [-0.15, -0.1) is 0 Å². The average molecular weight is 273 g/mol. The number of para-hydroxylation sites is 1. The second kappa shape index (κ2) is 5.36. The second-order valence-corrected chi connectivity index (χ2v) is 5.85. The number of ether oxygens (including phenoxy) is 1. The van der Waals surface area contributed by atoms with E-state index in [1.807, 2.05) is 0 Å². The molecule has 100 valence electrons. The van der Waals surface area contributed by atoms with Gasteiger partial charge in [0.1, 0.15) is 16.7 Å². The Labute approximate surface area is 105 Å². The number of carboxylic acid groups (broad SMARTS) is 1. The van der Waals surface area contributed by atoms with Crippen LogP contribution in [0, 0.1) is 0 Å². The quantitative estimate of drug-likeness (QED) is 0.785. The molecule has 0 radical (unpaired) electrons. The highest BCUT2D eigenvalue weighted by atomic mass is 32.2. The maximum atomic E-state index is 11.6. The number of sulfone groups is 1. The number of hydrogen-bond acceptors (Lipinski definition) is 5. The maximum Gasteiger partial charge on any atom is 0.320 e. The molecule has 0 aliphatic heterocycles. The monoisotopic (exact) mass is 273 g/mol. The fraction of sp³-hybridized carbons (Fsp3) is 0.364. The minimum absolute atomic E-state index is 0.00185. The molecule has 6 nitrogen and oxygen atoms in total. The third kappa shape index (κ3) is 3.21. The van der Waals surface area contributed by atoms with E-state index in [0.717, 1.165) is 6.26 Å². The fourth-order valence-corrected chi connectivity index (χ4v) is 2.45. The minimum Gasteiger partial charge on any atom is -0.495 e. The van der Waals surface area contributed by atoms with Gasteiger partial charge in [-0.2, -0.15) is 0 Å². The van der Waals surface area contributed by atoms with Crippen molar-refractivity contribution in [2.24, 2.45) is 5.73 Å². The molecule has 18 heavy (non-hydrogen) atoms. The Kier molecular flexibility index (Phi) is 4.31. The van der Waals surface area contributed by atoms with E-state index >= 15 is 0 Å². The molecule has 0 saturated carbocycles. The van der Waals surface area contributed by atoms with Crippen LogP contribution in [-0.4, -0.2) is 38.9 Å². The van der Waals surface area contributed by atoms with Crippen LogP contribution in [0.5, 0.6) is 5.75 Å². The predicted octanol–water partition coefficient (Wildman–Crippen LogP) is 0.0531. The molecule has 0 fully saturated rings. The van der Waals surface area contributed by atoms with E-state index in [1.54, 1.807) is 6.07 Å². The van der Waals surface area contributed by atoms with Crippen molar-refractivity contribution in [3.63, 3.8) is 0 Å². The molecule has 3 N–H and O–H groups in total. The van der Waals surface area contributed by atoms with Crippen molar-refractivity contribution >= 4 is 15.8 Å². The van der Waals surface area contributed by atoms with Gasteiger partial charge >= 0.3 is 5.97 Å². The third-order valence-corrected chi connectivity index (χ3v) is 3.54. The van der Waals surface area contributed by atoms with E-state index in [4.69, 9.17) is 15.6 Å². The number of carbonyl (C=O) groups is 1. The molecule has 0 saturated heterocycles. The molecule has 7 heteroatoms. The molecule has 0 aliphatic rings. The van der Waals surface area contributed by atoms with E-state index < -0.39 is 21.8 Å². The molecule has 0 aromatic heterocycles. The number of rotatable bonds is 5. The van der Waals surface area contributed by atoms with Crippen LogP contribution in [0.15, 0.2) is 23.1 Å². The van der Waals surface area contributed by atoms with Crippen molar-refractivity contribution in [1.82, 2.24) is 0 Å². The lowest BCUT2D eigenvalue weighted by Gasteiger charge is -2.14. The van der Waals surface area contributed by atoms with E-state index in [-0.39, 0.29) is 17.1 Å². The SMILES string of the molecule is COc1c(CC(N)C(=O)O)cccc1S(C)(=O)=O. The van der Waals surface area contributed by atoms with Crippen LogP contribution in [0.2, 0.25) is 0 Å². The summed E-state index contributed by atoms with van der Waals surface area (Å²) >= 11 is 0. The molecule has 1 rings (SSSR count). The van der Waals surface area contributed by atoms with Crippen LogP contribution in [0.1, 0.15) is 5.56 Å². The van der Waals surface area contributed by atoms with Crippen molar-refractivity contribution in [3.8, 4) is 5.75 Å². The number of aliphatic carboxylic acids is 1. The number of benzene rings is 1. The van der Waals surface area contributed by atoms with Crippen molar-refractivity contribution in [1.29, 1.82) is 0 Å². The predicted molar refractivity (Wildman–Crippen MR) is 65.4 cm³/mol. The Morgan fingerprint density at radius 3 is 2.56 bits per heavy atom. The first-order valence-electron chi connectivity index (χ1n) is 5.11. The zero-order valence-corrected chi connectivity index (χ0v) is 10.9. The van der Waals surface area contributed by atoms with E-state index in [1.165, 1.54) is 19.2 Å². The highest BCUT2D eigenvalue weighted by molar-refractivity contribution is 7.90. The van der Waals surface area contributed by atoms with Crippen LogP contribution in [0.25, 0.3) is 0 Å². The van der Waals surface area contributed by atoms with Gasteiger partial charge in [-0.3, -0.25) is 4.79 Å². The zero-order valence-electron chi connectivity index (χ0n) is 10.1. The summed E-state index contributed by atoms with van der Waals surface area (Å²) in [6.45, 7) is 0. The number of carboxylic acids is 1. The topological polar surface area (TPSA) is 107 Å². The van der Waals surface area contributed by atoms with Gasteiger partial charge in [0, 0.05) is 12.7 Å². The molecule has 0 heterocycles. The highest BCUT2D eigenvalue weighted by Crippen LogP contribution is 2.28. The van der Waals surface area contributed by atoms with Gasteiger partial charge in [0.15, 0.2) is 9.84 Å². The highest BCUT2D eigenvalue weighted by Gasteiger charge is 2.20. The molecule has 0 spiro atoms. The van der Waals surface area contributed by atoms with Gasteiger partial charge in [0.25, 0.3) is 0 Å². The maximum absolute atomic E-state index is 11.6. The lowest BCUT2D eigenvalue weighted by Crippen LogP contribution is -2.32. The zero-order chi connectivity index (χ0) is 13.9. The van der Waals surface area contributed by atoms with Crippen LogP contribution in [0.3, 0.4) is 0 Å². The lowest BCUT2D eigenvalue weighted by atomic mass is 10.1. The summed E-state index contributed by atoms with van der Waals surface area (Å²) in [6.07, 6.45) is 1.06. The number of hydrogen-bond donors (Lipinski definition) is 2. The summed E-state index contributed by atoms with van der Waals surface area (Å²) < 4.78 is 28.2. The summed E-state index contributed by atoms with van der Waals surface area (Å²) in [7, 11) is -2.10. The van der Waals surface area contributed by atoms with Crippen LogP contribution in [-0.2, 0) is 21.1 Å². The van der Waals surface area contributed by atoms with Gasteiger partial charge in [0.2, 0.25) is 0 Å². The van der Waals surface area contributed by atoms with Gasteiger partial charge in [0.05, 0.1) is 7.11 Å². The normalized spacial score (nSPS) is 13.1. The fourth-order valence-electron chi connectivity index (χ4n) is 1.57. The largest absolute Gasteiger partial charge is 0.495 e. The molecule has 1 unspecified atom stereocenters. The number of nitrogens with two attached hydrogens (primary N) is 1. The first-order chi connectivity index (χ1) is 8.27. The molecule has 0 bridgehead atoms. The van der Waals surface area contributed by atoms with Crippen LogP contribution < -0.4 is 10.5 Å². The minimum atomic E-state index is -3.44. The Hall–Kier alpha value is -1.60. The van der Waals surface area contributed by atoms with Crippen molar-refractivity contribution < 1.29 is 23.1 Å². The smallest absolute Gasteiger partial charge is 0.320 e. The Morgan fingerprint density at radius 2 is 2.11 bits per heavy atom. The van der Waals surface area contributed by atoms with Crippen LogP contribution >= 0.6 is 0 Å². The average Bonchev–Trinajstić information content (AvgIpc) is 2.27. The number of methoxy groups -OCH3 is 1. The van der Waals surface area contributed by atoms with Crippen molar-refractivity contribution in [2.45, 2.75) is 17.4 Å². The van der Waals surface area contributed by atoms with Crippen LogP contribution in [0.4, 0.5) is 0 Å². The lowest BCUT2D eigenvalue weighted by molar-refractivity contribution is -0.138. The molecule has 0 amide bonds. The van der Waals surface area contributed by atoms with E-state index in [2.05, 4.69) is 0 Å². The molecule has 0 aliphatic carbocycles. The van der Waals surface area contributed by atoms with Crippen molar-refractivity contribution in [3.05, 3.63) is 23.8 Å². The summed E-state index contributed by atoms with van der Waals surface area (Å²) in [6, 6.07) is 3.43. The first kappa shape index (κ1) is 14.5. The van der Waals surface area contributed by atoms with Gasteiger partial charge in [-0.05, 0) is 11.6 Å². The standard InChI is InChI=1S/C11H15NO5S/c1-17-10-7(6-8(12)11(13)14)4-3-5-9(10)18(2,15)16/h3-5,8H,6,12H2,1-2H3,(H,13,14). The summed E-state index contributed by atoms with van der Waals surface area (Å²) in [5.41, 5.74) is 5.88. The van der Waals surface area contributed by atoms with Gasteiger partial charge in [-0.1, -0.05) is 12.1 Å². The molecule has 1 atom stereocenters. The Morgan fingerprint density at radius 1 is 1.50 bits per heavy atom. The summed E-state index contributed by atoms with van der Waals surface area (Å²) in [5.74, 6) is -1.00. The molecular weight excluding hydrogens is 258 g/mol. The summed E-state index contributed by atoms with van der Waals surface area (Å²) in [4.78, 5) is 10.7. The van der Waals surface area contributed by atoms with Gasteiger partial charge in [-0.25, -0.2) is 8.42 Å². The molecule has 1 aromatic carbocycles. The Balaban J connectivity index is 3.26. The van der Waals surface area contributed by atoms with Crippen molar-refractivity contribution in [2.75, 3.05) is 13.4 Å². The Bertz CT molecular complexity index is 553.